The van der Waals surface area contributed by atoms with Crippen molar-refractivity contribution in [2.75, 3.05) is 14.2 Å². The molecule has 1 aromatic heterocycles. The molecule has 0 radical (unpaired) electrons. The van der Waals surface area contributed by atoms with Gasteiger partial charge in [0.1, 0.15) is 10.8 Å². The summed E-state index contributed by atoms with van der Waals surface area (Å²) >= 11 is 12.6. The Morgan fingerprint density at radius 3 is 2.34 bits per heavy atom. The van der Waals surface area contributed by atoms with Crippen LogP contribution < -0.4 is 10.3 Å². The van der Waals surface area contributed by atoms with Crippen molar-refractivity contribution in [2.45, 2.75) is 32.2 Å². The fourth-order valence-corrected chi connectivity index (χ4v) is 4.22. The van der Waals surface area contributed by atoms with Crippen molar-refractivity contribution in [2.24, 2.45) is 0 Å². The lowest BCUT2D eigenvalue weighted by Crippen LogP contribution is -2.25. The molecule has 0 aliphatic carbocycles. The molecule has 2 aromatic carbocycles. The van der Waals surface area contributed by atoms with E-state index in [0.29, 0.717) is 30.0 Å². The molecule has 0 amide bonds. The highest BCUT2D eigenvalue weighted by molar-refractivity contribution is 6.34. The molecule has 0 unspecified atom stereocenters. The second-order valence-corrected chi connectivity index (χ2v) is 8.16. The SMILES string of the molecule is COC(=O)c1ccc(CCn2c(CCCc3ccccc3OC)c(Cl)cc(Cl)c2=O)cc1. The van der Waals surface area contributed by atoms with E-state index in [-0.39, 0.29) is 16.6 Å². The predicted molar refractivity (Wildman–Crippen MR) is 127 cm³/mol. The van der Waals surface area contributed by atoms with Crippen LogP contribution in [-0.4, -0.2) is 24.8 Å². The van der Waals surface area contributed by atoms with E-state index in [4.69, 9.17) is 32.7 Å². The Hall–Kier alpha value is -2.76. The maximum absolute atomic E-state index is 12.8. The average Bonchev–Trinajstić information content (AvgIpc) is 2.82. The first-order valence-corrected chi connectivity index (χ1v) is 11.1. The standard InChI is InChI=1S/C25H25Cl2NO4/c1-31-23-9-4-3-6-18(23)7-5-8-22-20(26)16-21(27)24(29)28(22)15-14-17-10-12-19(13-11-17)25(30)32-2/h3-4,6,9-13,16H,5,7-8,14-15H2,1-2H3. The van der Waals surface area contributed by atoms with Crippen LogP contribution in [-0.2, 0) is 30.5 Å². The van der Waals surface area contributed by atoms with Crippen LogP contribution in [0.1, 0.15) is 33.6 Å². The molecule has 0 fully saturated rings. The van der Waals surface area contributed by atoms with E-state index in [2.05, 4.69) is 0 Å². The molecule has 0 spiro atoms. The molecule has 32 heavy (non-hydrogen) atoms. The van der Waals surface area contributed by atoms with Gasteiger partial charge in [0.05, 0.1) is 24.8 Å². The number of esters is 1. The third-order valence-corrected chi connectivity index (χ3v) is 5.95. The van der Waals surface area contributed by atoms with Gasteiger partial charge >= 0.3 is 5.97 Å². The van der Waals surface area contributed by atoms with Crippen molar-refractivity contribution in [3.8, 4) is 5.75 Å². The third kappa shape index (κ3) is 5.72. The largest absolute Gasteiger partial charge is 0.496 e. The van der Waals surface area contributed by atoms with Crippen LogP contribution in [0.4, 0.5) is 0 Å². The zero-order valence-corrected chi connectivity index (χ0v) is 19.6. The molecule has 0 bridgehead atoms. The summed E-state index contributed by atoms with van der Waals surface area (Å²) in [5.41, 5.74) is 3.09. The lowest BCUT2D eigenvalue weighted by molar-refractivity contribution is 0.0600. The number of carbonyl (C=O) groups excluding carboxylic acids is 1. The van der Waals surface area contributed by atoms with Crippen LogP contribution in [0.2, 0.25) is 10.0 Å². The summed E-state index contributed by atoms with van der Waals surface area (Å²) in [4.78, 5) is 24.4. The van der Waals surface area contributed by atoms with Crippen molar-refractivity contribution in [1.29, 1.82) is 0 Å². The van der Waals surface area contributed by atoms with E-state index in [9.17, 15) is 9.59 Å². The molecular weight excluding hydrogens is 449 g/mol. The Kier molecular flexibility index (Phi) is 8.37. The van der Waals surface area contributed by atoms with Gasteiger partial charge in [-0.1, -0.05) is 53.5 Å². The summed E-state index contributed by atoms with van der Waals surface area (Å²) in [5, 5.41) is 0.584. The van der Waals surface area contributed by atoms with Gasteiger partial charge in [0.15, 0.2) is 0 Å². The predicted octanol–water partition coefficient (Wildman–Crippen LogP) is 5.37. The summed E-state index contributed by atoms with van der Waals surface area (Å²) in [6.45, 7) is 0.431. The Labute approximate surface area is 197 Å². The highest BCUT2D eigenvalue weighted by atomic mass is 35.5. The van der Waals surface area contributed by atoms with Crippen LogP contribution in [0, 0.1) is 0 Å². The zero-order valence-electron chi connectivity index (χ0n) is 18.1. The normalized spacial score (nSPS) is 10.8. The highest BCUT2D eigenvalue weighted by Gasteiger charge is 2.14. The second-order valence-electron chi connectivity index (χ2n) is 7.35. The number of pyridine rings is 1. The van der Waals surface area contributed by atoms with Crippen molar-refractivity contribution in [3.05, 3.63) is 97.4 Å². The lowest BCUT2D eigenvalue weighted by Gasteiger charge is -2.16. The monoisotopic (exact) mass is 473 g/mol. The highest BCUT2D eigenvalue weighted by Crippen LogP contribution is 2.23. The third-order valence-electron chi connectivity index (χ3n) is 5.36. The van der Waals surface area contributed by atoms with Crippen molar-refractivity contribution in [3.63, 3.8) is 0 Å². The molecule has 0 saturated heterocycles. The smallest absolute Gasteiger partial charge is 0.337 e. The van der Waals surface area contributed by atoms with E-state index in [0.717, 1.165) is 35.4 Å². The topological polar surface area (TPSA) is 57.5 Å². The Morgan fingerprint density at radius 1 is 0.938 bits per heavy atom. The molecule has 7 heteroatoms. The molecule has 0 saturated carbocycles. The number of para-hydroxylation sites is 1. The number of nitrogens with zero attached hydrogens (tertiary/aromatic N) is 1. The van der Waals surface area contributed by atoms with Crippen LogP contribution in [0.5, 0.6) is 5.75 Å². The van der Waals surface area contributed by atoms with Gasteiger partial charge in [-0.3, -0.25) is 4.79 Å². The van der Waals surface area contributed by atoms with Crippen LogP contribution in [0.15, 0.2) is 59.4 Å². The first-order valence-electron chi connectivity index (χ1n) is 10.3. The van der Waals surface area contributed by atoms with Crippen LogP contribution in [0.3, 0.4) is 0 Å². The average molecular weight is 474 g/mol. The molecule has 0 atom stereocenters. The number of halogens is 2. The minimum absolute atomic E-state index is 0.101. The van der Waals surface area contributed by atoms with E-state index in [1.165, 1.54) is 13.2 Å². The van der Waals surface area contributed by atoms with Gasteiger partial charge in [-0.25, -0.2) is 4.79 Å². The second kappa shape index (κ2) is 11.2. The van der Waals surface area contributed by atoms with Gasteiger partial charge in [-0.05, 0) is 61.1 Å². The molecule has 1 heterocycles. The number of hydrogen-bond acceptors (Lipinski definition) is 4. The van der Waals surface area contributed by atoms with Crippen molar-refractivity contribution >= 4 is 29.2 Å². The number of hydrogen-bond donors (Lipinski definition) is 0. The Morgan fingerprint density at radius 2 is 1.66 bits per heavy atom. The summed E-state index contributed by atoms with van der Waals surface area (Å²) in [6, 6.07) is 16.5. The number of ether oxygens (including phenoxy) is 2. The molecule has 0 aliphatic rings. The molecule has 5 nitrogen and oxygen atoms in total. The molecule has 3 rings (SSSR count). The maximum atomic E-state index is 12.8. The summed E-state index contributed by atoms with van der Waals surface area (Å²) in [7, 11) is 3.01. The number of rotatable bonds is 9. The molecule has 3 aromatic rings. The van der Waals surface area contributed by atoms with Crippen LogP contribution in [0.25, 0.3) is 0 Å². The number of methoxy groups -OCH3 is 2. The van der Waals surface area contributed by atoms with Gasteiger partial charge in [-0.2, -0.15) is 0 Å². The van der Waals surface area contributed by atoms with E-state index in [1.54, 1.807) is 23.8 Å². The molecular formula is C25H25Cl2NO4. The first-order chi connectivity index (χ1) is 15.4. The molecule has 0 aliphatic heterocycles. The van der Waals surface area contributed by atoms with Gasteiger partial charge in [-0.15, -0.1) is 0 Å². The summed E-state index contributed by atoms with van der Waals surface area (Å²) in [5.74, 6) is 0.467. The molecule has 0 N–H and O–H groups in total. The van der Waals surface area contributed by atoms with Crippen LogP contribution >= 0.6 is 23.2 Å². The minimum atomic E-state index is -0.383. The summed E-state index contributed by atoms with van der Waals surface area (Å²) in [6.07, 6.45) is 2.82. The van der Waals surface area contributed by atoms with Crippen molar-refractivity contribution < 1.29 is 14.3 Å². The van der Waals surface area contributed by atoms with Gasteiger partial charge < -0.3 is 14.0 Å². The first kappa shape index (κ1) is 23.9. The Balaban J connectivity index is 1.75. The number of carbonyl (C=O) groups is 1. The summed E-state index contributed by atoms with van der Waals surface area (Å²) < 4.78 is 11.8. The van der Waals surface area contributed by atoms with Crippen molar-refractivity contribution in [1.82, 2.24) is 4.57 Å². The number of benzene rings is 2. The number of aromatic nitrogens is 1. The Bertz CT molecular complexity index is 1140. The maximum Gasteiger partial charge on any atom is 0.337 e. The zero-order chi connectivity index (χ0) is 23.1. The van der Waals surface area contributed by atoms with Gasteiger partial charge in [0.2, 0.25) is 0 Å². The minimum Gasteiger partial charge on any atom is -0.496 e. The van der Waals surface area contributed by atoms with E-state index >= 15 is 0 Å². The van der Waals surface area contributed by atoms with Gasteiger partial charge in [0.25, 0.3) is 5.56 Å². The quantitative estimate of drug-likeness (QED) is 0.392. The van der Waals surface area contributed by atoms with E-state index in [1.807, 2.05) is 36.4 Å². The molecule has 168 valence electrons. The lowest BCUT2D eigenvalue weighted by atomic mass is 10.0. The fraction of sp³-hybridized carbons (Fsp3) is 0.280. The van der Waals surface area contributed by atoms with E-state index < -0.39 is 0 Å². The fourth-order valence-electron chi connectivity index (χ4n) is 3.65. The number of aryl methyl sites for hydroxylation is 2. The van der Waals surface area contributed by atoms with Gasteiger partial charge in [0, 0.05) is 12.2 Å².